The fourth-order valence-corrected chi connectivity index (χ4v) is 2.32. The molecule has 0 saturated carbocycles. The summed E-state index contributed by atoms with van der Waals surface area (Å²) >= 11 is 0. The van der Waals surface area contributed by atoms with Crippen molar-refractivity contribution in [1.82, 2.24) is 10.6 Å². The maximum absolute atomic E-state index is 13.2. The molecule has 2 rings (SSSR count). The third-order valence-electron chi connectivity index (χ3n) is 3.63. The SMILES string of the molecule is COCCNC(=NCc1ccc(F)cc1C(F)(F)F)NCCc1ccco1. The Balaban J connectivity index is 2.06. The summed E-state index contributed by atoms with van der Waals surface area (Å²) in [5.41, 5.74) is -1.14. The van der Waals surface area contributed by atoms with Crippen molar-refractivity contribution in [3.63, 3.8) is 0 Å². The molecule has 0 bridgehead atoms. The van der Waals surface area contributed by atoms with Gasteiger partial charge in [0.05, 0.1) is 25.0 Å². The summed E-state index contributed by atoms with van der Waals surface area (Å²) < 4.78 is 62.6. The predicted molar refractivity (Wildman–Crippen MR) is 92.8 cm³/mol. The molecule has 0 spiro atoms. The normalized spacial score (nSPS) is 12.3. The van der Waals surface area contributed by atoms with Crippen molar-refractivity contribution >= 4 is 5.96 Å². The van der Waals surface area contributed by atoms with E-state index < -0.39 is 17.6 Å². The van der Waals surface area contributed by atoms with Gasteiger partial charge >= 0.3 is 6.18 Å². The molecule has 0 fully saturated rings. The van der Waals surface area contributed by atoms with Crippen LogP contribution in [0.5, 0.6) is 0 Å². The number of hydrogen-bond acceptors (Lipinski definition) is 3. The van der Waals surface area contributed by atoms with Crippen molar-refractivity contribution in [2.75, 3.05) is 26.8 Å². The number of benzene rings is 1. The Morgan fingerprint density at radius 1 is 1.19 bits per heavy atom. The number of aliphatic imine (C=N–C) groups is 1. The average molecular weight is 387 g/mol. The third-order valence-corrected chi connectivity index (χ3v) is 3.63. The lowest BCUT2D eigenvalue weighted by Crippen LogP contribution is -2.40. The van der Waals surface area contributed by atoms with Gasteiger partial charge in [-0.1, -0.05) is 6.07 Å². The lowest BCUT2D eigenvalue weighted by molar-refractivity contribution is -0.138. The maximum Gasteiger partial charge on any atom is 0.416 e. The quantitative estimate of drug-likeness (QED) is 0.316. The number of nitrogens with one attached hydrogen (secondary N) is 2. The lowest BCUT2D eigenvalue weighted by atomic mass is 10.1. The molecule has 2 aromatic rings. The molecule has 2 N–H and O–H groups in total. The predicted octanol–water partition coefficient (Wildman–Crippen LogP) is 3.36. The van der Waals surface area contributed by atoms with Crippen molar-refractivity contribution in [2.24, 2.45) is 4.99 Å². The molecule has 0 aliphatic rings. The van der Waals surface area contributed by atoms with Crippen molar-refractivity contribution in [3.05, 3.63) is 59.3 Å². The standard InChI is InChI=1S/C18H21F4N3O2/c1-26-10-8-24-17(23-7-6-15-3-2-9-27-15)25-12-13-4-5-14(19)11-16(13)18(20,21)22/h2-5,9,11H,6-8,10,12H2,1H3,(H2,23,24,25). The van der Waals surface area contributed by atoms with Crippen molar-refractivity contribution in [3.8, 4) is 0 Å². The number of furan rings is 1. The summed E-state index contributed by atoms with van der Waals surface area (Å²) in [5.74, 6) is 0.165. The van der Waals surface area contributed by atoms with Gasteiger partial charge in [-0.3, -0.25) is 0 Å². The van der Waals surface area contributed by atoms with E-state index >= 15 is 0 Å². The van der Waals surface area contributed by atoms with E-state index in [1.54, 1.807) is 12.3 Å². The molecule has 1 aromatic carbocycles. The summed E-state index contributed by atoms with van der Waals surface area (Å²) in [6.45, 7) is 1.06. The van der Waals surface area contributed by atoms with Gasteiger partial charge in [0.25, 0.3) is 0 Å². The van der Waals surface area contributed by atoms with Gasteiger partial charge in [0.2, 0.25) is 0 Å². The van der Waals surface area contributed by atoms with Crippen LogP contribution in [-0.4, -0.2) is 32.8 Å². The molecular formula is C18H21F4N3O2. The molecule has 0 unspecified atom stereocenters. The van der Waals surface area contributed by atoms with Crippen molar-refractivity contribution in [2.45, 2.75) is 19.1 Å². The fourth-order valence-electron chi connectivity index (χ4n) is 2.32. The van der Waals surface area contributed by atoms with Crippen LogP contribution in [-0.2, 0) is 23.9 Å². The lowest BCUT2D eigenvalue weighted by Gasteiger charge is -2.14. The Hall–Kier alpha value is -2.55. The van der Waals surface area contributed by atoms with E-state index in [-0.39, 0.29) is 12.1 Å². The van der Waals surface area contributed by atoms with Crippen LogP contribution in [0.2, 0.25) is 0 Å². The highest BCUT2D eigenvalue weighted by Crippen LogP contribution is 2.32. The monoisotopic (exact) mass is 387 g/mol. The zero-order chi connectivity index (χ0) is 19.7. The second-order valence-corrected chi connectivity index (χ2v) is 5.64. The van der Waals surface area contributed by atoms with Gasteiger partial charge in [-0.15, -0.1) is 0 Å². The molecule has 0 aliphatic heterocycles. The molecule has 27 heavy (non-hydrogen) atoms. The molecule has 0 atom stereocenters. The van der Waals surface area contributed by atoms with Crippen LogP contribution in [0.4, 0.5) is 17.6 Å². The zero-order valence-corrected chi connectivity index (χ0v) is 14.8. The summed E-state index contributed by atoms with van der Waals surface area (Å²) in [5, 5.41) is 5.99. The first-order chi connectivity index (χ1) is 12.9. The molecule has 5 nitrogen and oxygen atoms in total. The van der Waals surface area contributed by atoms with Crippen molar-refractivity contribution in [1.29, 1.82) is 0 Å². The second kappa shape index (κ2) is 9.96. The number of halogens is 4. The number of ether oxygens (including phenoxy) is 1. The highest BCUT2D eigenvalue weighted by Gasteiger charge is 2.33. The fraction of sp³-hybridized carbons (Fsp3) is 0.389. The number of alkyl halides is 3. The Labute approximate surface area is 154 Å². The van der Waals surface area contributed by atoms with Crippen LogP contribution in [0.1, 0.15) is 16.9 Å². The third kappa shape index (κ3) is 6.93. The van der Waals surface area contributed by atoms with Crippen LogP contribution >= 0.6 is 0 Å². The van der Waals surface area contributed by atoms with E-state index in [2.05, 4.69) is 15.6 Å². The molecule has 0 amide bonds. The number of methoxy groups -OCH3 is 1. The molecule has 9 heteroatoms. The molecule has 1 aromatic heterocycles. The Bertz CT molecular complexity index is 731. The number of nitrogens with zero attached hydrogens (tertiary/aromatic N) is 1. The zero-order valence-electron chi connectivity index (χ0n) is 14.8. The molecule has 0 saturated heterocycles. The Morgan fingerprint density at radius 2 is 1.96 bits per heavy atom. The molecule has 0 aliphatic carbocycles. The molecular weight excluding hydrogens is 366 g/mol. The molecule has 1 heterocycles. The van der Waals surface area contributed by atoms with Gasteiger partial charge in [-0.2, -0.15) is 13.2 Å². The highest BCUT2D eigenvalue weighted by molar-refractivity contribution is 5.79. The summed E-state index contributed by atoms with van der Waals surface area (Å²) in [7, 11) is 1.54. The molecule has 0 radical (unpaired) electrons. The van der Waals surface area contributed by atoms with E-state index in [1.807, 2.05) is 6.07 Å². The van der Waals surface area contributed by atoms with Gasteiger partial charge in [0.15, 0.2) is 5.96 Å². The van der Waals surface area contributed by atoms with Gasteiger partial charge in [0.1, 0.15) is 11.6 Å². The van der Waals surface area contributed by atoms with E-state index in [4.69, 9.17) is 9.15 Å². The van der Waals surface area contributed by atoms with Crippen LogP contribution in [0, 0.1) is 5.82 Å². The number of hydrogen-bond donors (Lipinski definition) is 2. The van der Waals surface area contributed by atoms with Gasteiger partial charge < -0.3 is 19.8 Å². The minimum absolute atomic E-state index is 0.109. The first-order valence-electron chi connectivity index (χ1n) is 8.29. The van der Waals surface area contributed by atoms with Crippen LogP contribution < -0.4 is 10.6 Å². The van der Waals surface area contributed by atoms with E-state index in [0.29, 0.717) is 38.1 Å². The Kier molecular flexibility index (Phi) is 7.66. The van der Waals surface area contributed by atoms with Gasteiger partial charge in [-0.25, -0.2) is 9.38 Å². The number of guanidine groups is 1. The number of rotatable bonds is 8. The summed E-state index contributed by atoms with van der Waals surface area (Å²) in [6.07, 6.45) is -2.50. The van der Waals surface area contributed by atoms with E-state index in [0.717, 1.165) is 17.9 Å². The second-order valence-electron chi connectivity index (χ2n) is 5.64. The minimum atomic E-state index is -4.65. The van der Waals surface area contributed by atoms with Crippen LogP contribution in [0.25, 0.3) is 0 Å². The summed E-state index contributed by atoms with van der Waals surface area (Å²) in [6, 6.07) is 6.16. The smallest absolute Gasteiger partial charge is 0.416 e. The maximum atomic E-state index is 13.2. The highest BCUT2D eigenvalue weighted by atomic mass is 19.4. The van der Waals surface area contributed by atoms with E-state index in [1.165, 1.54) is 7.11 Å². The van der Waals surface area contributed by atoms with E-state index in [9.17, 15) is 17.6 Å². The van der Waals surface area contributed by atoms with Gasteiger partial charge in [0, 0.05) is 26.6 Å². The van der Waals surface area contributed by atoms with Gasteiger partial charge in [-0.05, 0) is 29.8 Å². The first-order valence-corrected chi connectivity index (χ1v) is 8.29. The van der Waals surface area contributed by atoms with Crippen molar-refractivity contribution < 1.29 is 26.7 Å². The first kappa shape index (κ1) is 20.8. The topological polar surface area (TPSA) is 58.8 Å². The summed E-state index contributed by atoms with van der Waals surface area (Å²) in [4.78, 5) is 4.17. The minimum Gasteiger partial charge on any atom is -0.469 e. The average Bonchev–Trinajstić information content (AvgIpc) is 3.12. The largest absolute Gasteiger partial charge is 0.469 e. The van der Waals surface area contributed by atoms with Crippen LogP contribution in [0.3, 0.4) is 0 Å². The Morgan fingerprint density at radius 3 is 2.63 bits per heavy atom. The van der Waals surface area contributed by atoms with Crippen LogP contribution in [0.15, 0.2) is 46.0 Å². The molecule has 148 valence electrons.